The molecule has 0 bridgehead atoms. The van der Waals surface area contributed by atoms with Crippen LogP contribution in [0.15, 0.2) is 24.4 Å². The van der Waals surface area contributed by atoms with Crippen LogP contribution < -0.4 is 5.32 Å². The zero-order valence-electron chi connectivity index (χ0n) is 21.0. The van der Waals surface area contributed by atoms with Crippen LogP contribution in [-0.4, -0.2) is 31.6 Å². The van der Waals surface area contributed by atoms with Gasteiger partial charge in [0, 0.05) is 36.5 Å². The van der Waals surface area contributed by atoms with Crippen molar-refractivity contribution in [2.75, 3.05) is 5.32 Å². The Labute approximate surface area is 219 Å². The van der Waals surface area contributed by atoms with E-state index in [0.29, 0.717) is 41.5 Å². The van der Waals surface area contributed by atoms with E-state index in [1.54, 1.807) is 33.0 Å². The smallest absolute Gasteiger partial charge is 0.228 e. The molecule has 0 aliphatic heterocycles. The number of carbonyl (C=O) groups is 2. The summed E-state index contributed by atoms with van der Waals surface area (Å²) in [5.74, 6) is -0.761. The Morgan fingerprint density at radius 1 is 1.32 bits per heavy atom. The molecule has 2 N–H and O–H groups in total. The summed E-state index contributed by atoms with van der Waals surface area (Å²) in [7, 11) is 1.65. The van der Waals surface area contributed by atoms with E-state index in [9.17, 15) is 14.7 Å². The first-order valence-electron chi connectivity index (χ1n) is 12.2. The Bertz CT molecular complexity index is 1410. The molecule has 194 valence electrons. The summed E-state index contributed by atoms with van der Waals surface area (Å²) in [6.45, 7) is 3.21. The van der Waals surface area contributed by atoms with Gasteiger partial charge in [0.25, 0.3) is 0 Å². The van der Waals surface area contributed by atoms with E-state index in [0.717, 1.165) is 12.8 Å². The lowest BCUT2D eigenvalue weighted by molar-refractivity contribution is -0.123. The van der Waals surface area contributed by atoms with Gasteiger partial charge in [-0.3, -0.25) is 14.3 Å². The van der Waals surface area contributed by atoms with Gasteiger partial charge in [-0.15, -0.1) is 0 Å². The van der Waals surface area contributed by atoms with Crippen molar-refractivity contribution >= 4 is 40.0 Å². The second kappa shape index (κ2) is 10.6. The zero-order valence-corrected chi connectivity index (χ0v) is 21.8. The molecule has 1 amide bonds. The number of nitriles is 1. The molecule has 1 aromatic carbocycles. The molecule has 0 unspecified atom stereocenters. The van der Waals surface area contributed by atoms with Crippen LogP contribution in [0.2, 0.25) is 5.02 Å². The second-order valence-electron chi connectivity index (χ2n) is 10.2. The lowest BCUT2D eigenvalue weighted by Crippen LogP contribution is -2.29. The van der Waals surface area contributed by atoms with Gasteiger partial charge >= 0.3 is 0 Å². The van der Waals surface area contributed by atoms with Crippen LogP contribution in [-0.2, 0) is 22.2 Å². The SMILES string of the molecule is Cn1nc2c(F)cc(-c3cc(NC(=O)[C@H]4CCC[C@@H](CC(=O)CC#N)C4)ncc3Cl)cc2c1C(C)(C)O. The maximum absolute atomic E-state index is 15.0. The van der Waals surface area contributed by atoms with E-state index >= 15 is 4.39 Å². The number of anilines is 1. The fourth-order valence-electron chi connectivity index (χ4n) is 5.29. The Kier molecular flexibility index (Phi) is 7.62. The van der Waals surface area contributed by atoms with Gasteiger partial charge in [0.2, 0.25) is 5.91 Å². The molecule has 3 aromatic rings. The molecule has 0 spiro atoms. The average Bonchev–Trinajstić information content (AvgIpc) is 3.17. The van der Waals surface area contributed by atoms with Crippen molar-refractivity contribution in [1.29, 1.82) is 5.26 Å². The molecule has 0 saturated heterocycles. The van der Waals surface area contributed by atoms with Crippen LogP contribution in [0.1, 0.15) is 58.1 Å². The monoisotopic (exact) mass is 525 g/mol. The van der Waals surface area contributed by atoms with Crippen LogP contribution in [0.4, 0.5) is 10.2 Å². The fourth-order valence-corrected chi connectivity index (χ4v) is 5.50. The topological polar surface area (TPSA) is 121 Å². The highest BCUT2D eigenvalue weighted by atomic mass is 35.5. The number of carbonyl (C=O) groups excluding carboxylic acids is 2. The van der Waals surface area contributed by atoms with Crippen molar-refractivity contribution in [2.24, 2.45) is 18.9 Å². The van der Waals surface area contributed by atoms with E-state index in [2.05, 4.69) is 15.4 Å². The van der Waals surface area contributed by atoms with Gasteiger partial charge in [-0.1, -0.05) is 18.0 Å². The minimum Gasteiger partial charge on any atom is -0.384 e. The first-order valence-corrected chi connectivity index (χ1v) is 12.6. The number of nitrogens with one attached hydrogen (secondary N) is 1. The Hall–Kier alpha value is -3.35. The van der Waals surface area contributed by atoms with Crippen LogP contribution in [0, 0.1) is 29.0 Å². The zero-order chi connectivity index (χ0) is 26.9. The second-order valence-corrected chi connectivity index (χ2v) is 10.6. The van der Waals surface area contributed by atoms with Gasteiger partial charge in [0.1, 0.15) is 22.7 Å². The van der Waals surface area contributed by atoms with Crippen molar-refractivity contribution in [2.45, 2.75) is 58.0 Å². The Morgan fingerprint density at radius 3 is 2.78 bits per heavy atom. The number of nitrogens with zero attached hydrogens (tertiary/aromatic N) is 4. The minimum absolute atomic E-state index is 0.0817. The van der Waals surface area contributed by atoms with Crippen molar-refractivity contribution in [3.05, 3.63) is 40.9 Å². The summed E-state index contributed by atoms with van der Waals surface area (Å²) >= 11 is 6.42. The molecule has 1 fully saturated rings. The number of fused-ring (bicyclic) bond motifs is 1. The van der Waals surface area contributed by atoms with Crippen molar-refractivity contribution in [3.8, 4) is 17.2 Å². The van der Waals surface area contributed by atoms with Crippen molar-refractivity contribution < 1.29 is 19.1 Å². The number of aromatic nitrogens is 3. The summed E-state index contributed by atoms with van der Waals surface area (Å²) in [4.78, 5) is 29.1. The van der Waals surface area contributed by atoms with Crippen LogP contribution in [0.3, 0.4) is 0 Å². The first-order chi connectivity index (χ1) is 17.5. The number of aryl methyl sites for hydroxylation is 1. The largest absolute Gasteiger partial charge is 0.384 e. The number of hydrogen-bond acceptors (Lipinski definition) is 6. The highest BCUT2D eigenvalue weighted by molar-refractivity contribution is 6.33. The van der Waals surface area contributed by atoms with Gasteiger partial charge in [0.05, 0.1) is 23.2 Å². The fraction of sp³-hybridized carbons (Fsp3) is 0.444. The standard InChI is InChI=1S/C27H29ClFN5O3/c1-27(2,37)25-20-11-17(12-22(29)24(20)33-34(25)3)19-13-23(31-14-21(19)28)32-26(36)16-6-4-5-15(9-16)10-18(35)7-8-30/h11-16,37H,4-7,9-10H2,1-3H3,(H,31,32,36)/t15-,16+/m1/s1. The van der Waals surface area contributed by atoms with Crippen LogP contribution in [0.5, 0.6) is 0 Å². The summed E-state index contributed by atoms with van der Waals surface area (Å²) in [5.41, 5.74) is 0.276. The predicted octanol–water partition coefficient (Wildman–Crippen LogP) is 5.27. The summed E-state index contributed by atoms with van der Waals surface area (Å²) < 4.78 is 16.5. The third kappa shape index (κ3) is 5.81. The quantitative estimate of drug-likeness (QED) is 0.433. The molecule has 2 aromatic heterocycles. The molecular formula is C27H29ClFN5O3. The molecule has 1 aliphatic rings. The normalized spacial score (nSPS) is 18.0. The van der Waals surface area contributed by atoms with Gasteiger partial charge in [-0.25, -0.2) is 9.37 Å². The van der Waals surface area contributed by atoms with Gasteiger partial charge in [-0.2, -0.15) is 10.4 Å². The third-order valence-corrected chi connectivity index (χ3v) is 7.14. The molecule has 10 heteroatoms. The summed E-state index contributed by atoms with van der Waals surface area (Å²) in [6, 6.07) is 6.52. The number of ketones is 1. The van der Waals surface area contributed by atoms with Crippen molar-refractivity contribution in [3.63, 3.8) is 0 Å². The molecular weight excluding hydrogens is 497 g/mol. The molecule has 2 atom stereocenters. The van der Waals surface area contributed by atoms with E-state index in [-0.39, 0.29) is 46.3 Å². The first kappa shape index (κ1) is 26.7. The number of Topliss-reactive ketones (excluding diaryl/α,β-unsaturated/α-hetero) is 1. The molecule has 8 nitrogen and oxygen atoms in total. The van der Waals surface area contributed by atoms with Crippen molar-refractivity contribution in [1.82, 2.24) is 14.8 Å². The highest BCUT2D eigenvalue weighted by Gasteiger charge is 2.29. The van der Waals surface area contributed by atoms with E-state index in [4.69, 9.17) is 16.9 Å². The molecule has 4 rings (SSSR count). The maximum atomic E-state index is 15.0. The number of benzene rings is 1. The lowest BCUT2D eigenvalue weighted by Gasteiger charge is -2.27. The average molecular weight is 526 g/mol. The lowest BCUT2D eigenvalue weighted by atomic mass is 9.78. The molecule has 2 heterocycles. The minimum atomic E-state index is -1.26. The molecule has 37 heavy (non-hydrogen) atoms. The Balaban J connectivity index is 1.59. The number of amides is 1. The number of aliphatic hydroxyl groups is 1. The number of hydrogen-bond donors (Lipinski definition) is 2. The van der Waals surface area contributed by atoms with E-state index < -0.39 is 11.4 Å². The van der Waals surface area contributed by atoms with Gasteiger partial charge < -0.3 is 10.4 Å². The van der Waals surface area contributed by atoms with Crippen LogP contribution in [0.25, 0.3) is 22.0 Å². The van der Waals surface area contributed by atoms with E-state index in [1.807, 2.05) is 6.07 Å². The Morgan fingerprint density at radius 2 is 2.08 bits per heavy atom. The highest BCUT2D eigenvalue weighted by Crippen LogP contribution is 2.37. The van der Waals surface area contributed by atoms with Gasteiger partial charge in [0.15, 0.2) is 5.82 Å². The van der Waals surface area contributed by atoms with Crippen LogP contribution >= 0.6 is 11.6 Å². The predicted molar refractivity (Wildman–Crippen MR) is 138 cm³/mol. The third-order valence-electron chi connectivity index (χ3n) is 6.84. The van der Waals surface area contributed by atoms with E-state index in [1.165, 1.54) is 16.9 Å². The summed E-state index contributed by atoms with van der Waals surface area (Å²) in [5, 5.41) is 27.2. The molecule has 1 saturated carbocycles. The number of rotatable bonds is 7. The number of halogens is 2. The number of pyridine rings is 1. The molecule has 1 aliphatic carbocycles. The maximum Gasteiger partial charge on any atom is 0.228 e. The van der Waals surface area contributed by atoms with Gasteiger partial charge in [-0.05, 0) is 62.8 Å². The summed E-state index contributed by atoms with van der Waals surface area (Å²) in [6.07, 6.45) is 4.58. The molecule has 0 radical (unpaired) electrons.